The molecule has 4 nitrogen and oxygen atoms in total. The summed E-state index contributed by atoms with van der Waals surface area (Å²) in [5.74, 6) is 0.629. The van der Waals surface area contributed by atoms with Gasteiger partial charge in [0.2, 0.25) is 0 Å². The third-order valence-electron chi connectivity index (χ3n) is 3.93. The van der Waals surface area contributed by atoms with Gasteiger partial charge in [-0.1, -0.05) is 12.1 Å². The van der Waals surface area contributed by atoms with E-state index < -0.39 is 0 Å². The summed E-state index contributed by atoms with van der Waals surface area (Å²) in [5.41, 5.74) is 2.64. The Morgan fingerprint density at radius 2 is 2.30 bits per heavy atom. The SMILES string of the molecule is Cc1csc(-c2cccc(C(=O)N(CCC#N)CC3CC3)c2)n1. The molecule has 23 heavy (non-hydrogen) atoms. The summed E-state index contributed by atoms with van der Waals surface area (Å²) >= 11 is 1.59. The Kier molecular flexibility index (Phi) is 4.73. The number of benzene rings is 1. The van der Waals surface area contributed by atoms with Gasteiger partial charge in [0.25, 0.3) is 5.91 Å². The van der Waals surface area contributed by atoms with Gasteiger partial charge in [-0.25, -0.2) is 4.98 Å². The first-order valence-corrected chi connectivity index (χ1v) is 8.74. The zero-order chi connectivity index (χ0) is 16.2. The average Bonchev–Trinajstić information content (AvgIpc) is 3.29. The minimum Gasteiger partial charge on any atom is -0.337 e. The predicted octanol–water partition coefficient (Wildman–Crippen LogP) is 3.88. The maximum atomic E-state index is 12.8. The van der Waals surface area contributed by atoms with E-state index in [1.54, 1.807) is 11.3 Å². The molecule has 0 N–H and O–H groups in total. The smallest absolute Gasteiger partial charge is 0.253 e. The van der Waals surface area contributed by atoms with E-state index in [9.17, 15) is 4.79 Å². The van der Waals surface area contributed by atoms with Gasteiger partial charge in [0.15, 0.2) is 0 Å². The molecule has 0 radical (unpaired) electrons. The minimum atomic E-state index is 0.0160. The number of carbonyl (C=O) groups is 1. The molecule has 0 atom stereocenters. The average molecular weight is 325 g/mol. The molecule has 118 valence electrons. The van der Waals surface area contributed by atoms with Gasteiger partial charge in [0.05, 0.1) is 12.5 Å². The molecule has 2 aromatic rings. The van der Waals surface area contributed by atoms with Crippen LogP contribution >= 0.6 is 11.3 Å². The van der Waals surface area contributed by atoms with E-state index in [4.69, 9.17) is 5.26 Å². The zero-order valence-corrected chi connectivity index (χ0v) is 14.0. The highest BCUT2D eigenvalue weighted by atomic mass is 32.1. The Balaban J connectivity index is 1.81. The van der Waals surface area contributed by atoms with Crippen LogP contribution in [0.5, 0.6) is 0 Å². The fourth-order valence-corrected chi connectivity index (χ4v) is 3.32. The summed E-state index contributed by atoms with van der Waals surface area (Å²) < 4.78 is 0. The summed E-state index contributed by atoms with van der Waals surface area (Å²) in [4.78, 5) is 19.1. The molecule has 1 aliphatic rings. The van der Waals surface area contributed by atoms with Crippen molar-refractivity contribution < 1.29 is 4.79 Å². The number of nitrogens with zero attached hydrogens (tertiary/aromatic N) is 3. The van der Waals surface area contributed by atoms with Crippen molar-refractivity contribution in [2.75, 3.05) is 13.1 Å². The number of nitriles is 1. The van der Waals surface area contributed by atoms with E-state index in [1.165, 1.54) is 12.8 Å². The molecule has 0 aliphatic heterocycles. The quantitative estimate of drug-likeness (QED) is 0.809. The van der Waals surface area contributed by atoms with Gasteiger partial charge in [-0.2, -0.15) is 5.26 Å². The highest BCUT2D eigenvalue weighted by molar-refractivity contribution is 7.13. The van der Waals surface area contributed by atoms with Gasteiger partial charge in [-0.15, -0.1) is 11.3 Å². The van der Waals surface area contributed by atoms with E-state index in [1.807, 2.05) is 41.5 Å². The summed E-state index contributed by atoms with van der Waals surface area (Å²) in [6.45, 7) is 3.24. The van der Waals surface area contributed by atoms with Gasteiger partial charge in [-0.05, 0) is 37.8 Å². The topological polar surface area (TPSA) is 57.0 Å². The fraction of sp³-hybridized carbons (Fsp3) is 0.389. The van der Waals surface area contributed by atoms with E-state index in [2.05, 4.69) is 11.1 Å². The van der Waals surface area contributed by atoms with E-state index in [0.29, 0.717) is 24.4 Å². The second-order valence-electron chi connectivity index (χ2n) is 5.98. The van der Waals surface area contributed by atoms with Gasteiger partial charge in [0.1, 0.15) is 5.01 Å². The van der Waals surface area contributed by atoms with Gasteiger partial charge >= 0.3 is 0 Å². The van der Waals surface area contributed by atoms with Crippen LogP contribution in [-0.2, 0) is 0 Å². The molecule has 0 unspecified atom stereocenters. The van der Waals surface area contributed by atoms with E-state index in [-0.39, 0.29) is 5.91 Å². The van der Waals surface area contributed by atoms with Crippen LogP contribution < -0.4 is 0 Å². The number of rotatable bonds is 6. The lowest BCUT2D eigenvalue weighted by Crippen LogP contribution is -2.33. The largest absolute Gasteiger partial charge is 0.337 e. The van der Waals surface area contributed by atoms with Gasteiger partial charge < -0.3 is 4.90 Å². The number of thiazole rings is 1. The lowest BCUT2D eigenvalue weighted by atomic mass is 10.1. The van der Waals surface area contributed by atoms with Crippen LogP contribution in [-0.4, -0.2) is 28.9 Å². The third-order valence-corrected chi connectivity index (χ3v) is 4.94. The maximum Gasteiger partial charge on any atom is 0.253 e. The van der Waals surface area contributed by atoms with Crippen molar-refractivity contribution in [1.82, 2.24) is 9.88 Å². The number of aromatic nitrogens is 1. The molecule has 1 aliphatic carbocycles. The number of carbonyl (C=O) groups excluding carboxylic acids is 1. The van der Waals surface area contributed by atoms with Gasteiger partial charge in [0, 0.05) is 35.3 Å². The zero-order valence-electron chi connectivity index (χ0n) is 13.2. The fourth-order valence-electron chi connectivity index (χ4n) is 2.53. The second-order valence-corrected chi connectivity index (χ2v) is 6.84. The van der Waals surface area contributed by atoms with Crippen LogP contribution in [0, 0.1) is 24.2 Å². The standard InChI is InChI=1S/C18H19N3OS/c1-13-12-23-17(20-13)15-4-2-5-16(10-15)18(22)21(9-3-8-19)11-14-6-7-14/h2,4-5,10,12,14H,3,6-7,9,11H2,1H3. The Morgan fingerprint density at radius 1 is 1.48 bits per heavy atom. The molecule has 0 spiro atoms. The van der Waals surface area contributed by atoms with Crippen molar-refractivity contribution in [3.8, 4) is 16.6 Å². The van der Waals surface area contributed by atoms with Crippen molar-refractivity contribution in [2.24, 2.45) is 5.92 Å². The van der Waals surface area contributed by atoms with Crippen LogP contribution in [0.15, 0.2) is 29.6 Å². The predicted molar refractivity (Wildman–Crippen MR) is 91.1 cm³/mol. The molecule has 5 heteroatoms. The molecule has 1 fully saturated rings. The Hall–Kier alpha value is -2.19. The molecule has 1 aromatic carbocycles. The van der Waals surface area contributed by atoms with Crippen LogP contribution in [0.4, 0.5) is 0 Å². The van der Waals surface area contributed by atoms with Crippen molar-refractivity contribution >= 4 is 17.2 Å². The number of hydrogen-bond acceptors (Lipinski definition) is 4. The first kappa shape index (κ1) is 15.7. The van der Waals surface area contributed by atoms with Crippen molar-refractivity contribution in [3.05, 3.63) is 40.9 Å². The second kappa shape index (κ2) is 6.93. The highest BCUT2D eigenvalue weighted by Gasteiger charge is 2.27. The summed E-state index contributed by atoms with van der Waals surface area (Å²) in [5, 5.41) is 11.8. The lowest BCUT2D eigenvalue weighted by Gasteiger charge is -2.21. The number of hydrogen-bond donors (Lipinski definition) is 0. The maximum absolute atomic E-state index is 12.8. The molecular formula is C18H19N3OS. The first-order valence-electron chi connectivity index (χ1n) is 7.86. The van der Waals surface area contributed by atoms with E-state index in [0.717, 1.165) is 22.8 Å². The Bertz CT molecular complexity index is 743. The third kappa shape index (κ3) is 3.96. The molecule has 0 bridgehead atoms. The normalized spacial score (nSPS) is 13.6. The lowest BCUT2D eigenvalue weighted by molar-refractivity contribution is 0.0751. The molecule has 1 aromatic heterocycles. The van der Waals surface area contributed by atoms with Crippen molar-refractivity contribution in [2.45, 2.75) is 26.2 Å². The minimum absolute atomic E-state index is 0.0160. The van der Waals surface area contributed by atoms with Crippen molar-refractivity contribution in [3.63, 3.8) is 0 Å². The molecule has 1 heterocycles. The van der Waals surface area contributed by atoms with Gasteiger partial charge in [-0.3, -0.25) is 4.79 Å². The molecule has 0 saturated heterocycles. The highest BCUT2D eigenvalue weighted by Crippen LogP contribution is 2.30. The number of amides is 1. The van der Waals surface area contributed by atoms with E-state index >= 15 is 0 Å². The summed E-state index contributed by atoms with van der Waals surface area (Å²) in [7, 11) is 0. The van der Waals surface area contributed by atoms with Crippen LogP contribution in [0.2, 0.25) is 0 Å². The molecular weight excluding hydrogens is 306 g/mol. The molecule has 1 amide bonds. The molecule has 1 saturated carbocycles. The molecule has 3 rings (SSSR count). The van der Waals surface area contributed by atoms with Crippen molar-refractivity contribution in [1.29, 1.82) is 5.26 Å². The van der Waals surface area contributed by atoms with Crippen LogP contribution in [0.1, 0.15) is 35.3 Å². The van der Waals surface area contributed by atoms with Crippen LogP contribution in [0.3, 0.4) is 0 Å². The summed E-state index contributed by atoms with van der Waals surface area (Å²) in [6, 6.07) is 9.77. The van der Waals surface area contributed by atoms with Crippen LogP contribution in [0.25, 0.3) is 10.6 Å². The first-order chi connectivity index (χ1) is 11.2. The number of aryl methyl sites for hydroxylation is 1. The monoisotopic (exact) mass is 325 g/mol. The summed E-state index contributed by atoms with van der Waals surface area (Å²) in [6.07, 6.45) is 2.76. The Morgan fingerprint density at radius 3 is 2.96 bits per heavy atom. The Labute approximate surface area is 140 Å².